The van der Waals surface area contributed by atoms with Crippen LogP contribution in [0.15, 0.2) is 42.5 Å². The van der Waals surface area contributed by atoms with Crippen molar-refractivity contribution in [1.29, 1.82) is 0 Å². The van der Waals surface area contributed by atoms with Gasteiger partial charge in [-0.1, -0.05) is 24.3 Å². The number of benzene rings is 2. The number of carbonyl (C=O) groups excluding carboxylic acids is 2. The third-order valence-corrected chi connectivity index (χ3v) is 4.05. The van der Waals surface area contributed by atoms with E-state index in [4.69, 9.17) is 0 Å². The summed E-state index contributed by atoms with van der Waals surface area (Å²) < 4.78 is 31.9. The van der Waals surface area contributed by atoms with Gasteiger partial charge in [0.05, 0.1) is 0 Å². The van der Waals surface area contributed by atoms with E-state index in [1.54, 1.807) is 24.3 Å². The van der Waals surface area contributed by atoms with Gasteiger partial charge in [0.25, 0.3) is 10.1 Å². The van der Waals surface area contributed by atoms with Gasteiger partial charge in [0.15, 0.2) is 0 Å². The van der Waals surface area contributed by atoms with Crippen LogP contribution in [0.4, 0.5) is 0 Å². The molecule has 3 rings (SSSR count). The maximum absolute atomic E-state index is 11.9. The average molecular weight is 312 g/mol. The molecule has 0 aromatic heterocycles. The first-order valence-corrected chi connectivity index (χ1v) is 7.13. The molecule has 0 saturated carbocycles. The van der Waals surface area contributed by atoms with E-state index in [2.05, 4.69) is 0 Å². The molecule has 21 heavy (non-hydrogen) atoms. The Bertz CT molecular complexity index is 918. The maximum atomic E-state index is 11.9. The van der Waals surface area contributed by atoms with E-state index in [-0.39, 0.29) is 42.1 Å². The zero-order valence-electron chi connectivity index (χ0n) is 12.0. The minimum Gasteiger partial charge on any atom is -1.00 e. The Morgan fingerprint density at radius 1 is 0.952 bits per heavy atom. The maximum Gasteiger partial charge on any atom is 1.00 e. The summed E-state index contributed by atoms with van der Waals surface area (Å²) in [5.41, 5.74) is 0.0413. The number of allylic oxidation sites excluding steroid dienone is 1. The van der Waals surface area contributed by atoms with E-state index < -0.39 is 26.6 Å². The second kappa shape index (κ2) is 5.47. The van der Waals surface area contributed by atoms with Crippen molar-refractivity contribution < 1.29 is 53.5 Å². The van der Waals surface area contributed by atoms with E-state index in [1.807, 2.05) is 0 Å². The molecule has 0 radical (unpaired) electrons. The Morgan fingerprint density at radius 2 is 1.48 bits per heavy atom. The van der Waals surface area contributed by atoms with Crippen LogP contribution in [0.2, 0.25) is 0 Å². The average Bonchev–Trinajstić information content (AvgIpc) is 2.40. The van der Waals surface area contributed by atoms with Gasteiger partial charge in [-0.3, -0.25) is 14.1 Å². The van der Waals surface area contributed by atoms with Crippen LogP contribution in [-0.4, -0.2) is 24.5 Å². The standard InChI is InChI=1S/C14H8O5S.Na.H/c15-12-7-13(20(17,18)19)10-5-8-3-1-2-4-9(8)6-11(10)14(12)16;;/h1-7H,(H,17,18,19);;/q;+1;-1. The Balaban J connectivity index is 0.00000121. The Kier molecular flexibility index (Phi) is 4.19. The fourth-order valence-corrected chi connectivity index (χ4v) is 2.94. The van der Waals surface area contributed by atoms with Crippen LogP contribution in [0, 0.1) is 0 Å². The summed E-state index contributed by atoms with van der Waals surface area (Å²) in [6.45, 7) is 0. The minimum absolute atomic E-state index is 0. The van der Waals surface area contributed by atoms with Gasteiger partial charge >= 0.3 is 29.6 Å². The van der Waals surface area contributed by atoms with Crippen molar-refractivity contribution in [1.82, 2.24) is 0 Å². The van der Waals surface area contributed by atoms with Gasteiger partial charge in [0, 0.05) is 17.2 Å². The molecule has 0 amide bonds. The normalized spacial score (nSPS) is 14.4. The molecule has 1 aliphatic carbocycles. The monoisotopic (exact) mass is 312 g/mol. The smallest absolute Gasteiger partial charge is 1.00 e. The summed E-state index contributed by atoms with van der Waals surface area (Å²) in [5.74, 6) is -1.74. The first kappa shape index (κ1) is 16.1. The fraction of sp³-hybridized carbons (Fsp3) is 0. The van der Waals surface area contributed by atoms with Crippen molar-refractivity contribution in [3.05, 3.63) is 53.6 Å². The van der Waals surface area contributed by atoms with Gasteiger partial charge in [0.2, 0.25) is 11.6 Å². The number of ketones is 2. The SMILES string of the molecule is O=C1C=C(S(=O)(=O)O)c2cc3ccccc3cc2C1=O.[H-].[Na+]. The van der Waals surface area contributed by atoms with Crippen molar-refractivity contribution in [3.63, 3.8) is 0 Å². The van der Waals surface area contributed by atoms with E-state index in [1.165, 1.54) is 12.1 Å². The van der Waals surface area contributed by atoms with Gasteiger partial charge in [-0.25, -0.2) is 0 Å². The van der Waals surface area contributed by atoms with Crippen molar-refractivity contribution in [2.45, 2.75) is 0 Å². The summed E-state index contributed by atoms with van der Waals surface area (Å²) >= 11 is 0. The molecule has 7 heteroatoms. The summed E-state index contributed by atoms with van der Waals surface area (Å²) in [7, 11) is -4.58. The molecule has 102 valence electrons. The van der Waals surface area contributed by atoms with Gasteiger partial charge in [-0.15, -0.1) is 0 Å². The van der Waals surface area contributed by atoms with Crippen molar-refractivity contribution in [2.75, 3.05) is 0 Å². The summed E-state index contributed by atoms with van der Waals surface area (Å²) in [6.07, 6.45) is 0.661. The van der Waals surface area contributed by atoms with E-state index in [0.29, 0.717) is 16.8 Å². The molecular weight excluding hydrogens is 303 g/mol. The molecule has 0 fully saturated rings. The topological polar surface area (TPSA) is 88.5 Å². The van der Waals surface area contributed by atoms with E-state index >= 15 is 0 Å². The van der Waals surface area contributed by atoms with E-state index in [9.17, 15) is 22.6 Å². The molecule has 0 unspecified atom stereocenters. The number of rotatable bonds is 1. The third kappa shape index (κ3) is 2.73. The molecule has 0 saturated heterocycles. The molecule has 2 aromatic carbocycles. The van der Waals surface area contributed by atoms with Crippen LogP contribution in [0.3, 0.4) is 0 Å². The first-order chi connectivity index (χ1) is 9.38. The second-order valence-electron chi connectivity index (χ2n) is 4.42. The molecule has 1 aliphatic rings. The number of fused-ring (bicyclic) bond motifs is 2. The van der Waals surface area contributed by atoms with Crippen LogP contribution < -0.4 is 29.6 Å². The quantitative estimate of drug-likeness (QED) is 0.412. The van der Waals surface area contributed by atoms with Gasteiger partial charge in [-0.2, -0.15) is 8.42 Å². The van der Waals surface area contributed by atoms with Crippen LogP contribution in [0.5, 0.6) is 0 Å². The Labute approximate surface area is 144 Å². The van der Waals surface area contributed by atoms with Gasteiger partial charge < -0.3 is 1.43 Å². The molecule has 0 spiro atoms. The molecule has 2 aromatic rings. The van der Waals surface area contributed by atoms with E-state index in [0.717, 1.165) is 0 Å². The van der Waals surface area contributed by atoms with Crippen molar-refractivity contribution in [3.8, 4) is 0 Å². The molecule has 0 atom stereocenters. The number of hydrogen-bond donors (Lipinski definition) is 1. The van der Waals surface area contributed by atoms with Crippen LogP contribution in [0.1, 0.15) is 17.3 Å². The zero-order chi connectivity index (χ0) is 14.5. The molecule has 1 N–H and O–H groups in total. The van der Waals surface area contributed by atoms with Crippen LogP contribution >= 0.6 is 0 Å². The van der Waals surface area contributed by atoms with Gasteiger partial charge in [-0.05, 0) is 22.9 Å². The van der Waals surface area contributed by atoms with Crippen LogP contribution in [-0.2, 0) is 14.9 Å². The number of carbonyl (C=O) groups is 2. The van der Waals surface area contributed by atoms with Crippen LogP contribution in [0.25, 0.3) is 15.7 Å². The largest absolute Gasteiger partial charge is 1.00 e. The summed E-state index contributed by atoms with van der Waals surface area (Å²) in [6, 6.07) is 9.97. The minimum atomic E-state index is -4.58. The fourth-order valence-electron chi connectivity index (χ4n) is 2.24. The Morgan fingerprint density at radius 3 is 2.00 bits per heavy atom. The summed E-state index contributed by atoms with van der Waals surface area (Å²) in [4.78, 5) is 22.9. The first-order valence-electron chi connectivity index (χ1n) is 5.69. The molecular formula is C14H9NaO5S. The molecule has 0 heterocycles. The van der Waals surface area contributed by atoms with Crippen molar-refractivity contribution >= 4 is 37.4 Å². The van der Waals surface area contributed by atoms with Gasteiger partial charge in [0.1, 0.15) is 4.91 Å². The third-order valence-electron chi connectivity index (χ3n) is 3.16. The predicted molar refractivity (Wildman–Crippen MR) is 73.9 cm³/mol. The summed E-state index contributed by atoms with van der Waals surface area (Å²) in [5, 5.41) is 1.42. The molecule has 5 nitrogen and oxygen atoms in total. The number of Topliss-reactive ketones (excluding diaryl/α,β-unsaturated/α-hetero) is 1. The number of hydrogen-bond acceptors (Lipinski definition) is 4. The zero-order valence-corrected chi connectivity index (χ0v) is 13.8. The van der Waals surface area contributed by atoms with Crippen molar-refractivity contribution in [2.24, 2.45) is 0 Å². The second-order valence-corrected chi connectivity index (χ2v) is 5.81. The predicted octanol–water partition coefficient (Wildman–Crippen LogP) is -1.05. The molecule has 0 aliphatic heterocycles. The Hall–Kier alpha value is -1.31. The molecule has 0 bridgehead atoms.